The van der Waals surface area contributed by atoms with E-state index in [1.54, 1.807) is 7.11 Å². The third-order valence-corrected chi connectivity index (χ3v) is 3.06. The van der Waals surface area contributed by atoms with Crippen molar-refractivity contribution in [2.45, 2.75) is 33.4 Å². The summed E-state index contributed by atoms with van der Waals surface area (Å²) in [6.45, 7) is 11.3. The van der Waals surface area contributed by atoms with Crippen LogP contribution in [-0.4, -0.2) is 19.8 Å². The molecule has 19 heavy (non-hydrogen) atoms. The summed E-state index contributed by atoms with van der Waals surface area (Å²) in [5.74, 6) is 1.45. The van der Waals surface area contributed by atoms with E-state index in [4.69, 9.17) is 9.47 Å². The molecule has 0 radical (unpaired) electrons. The fourth-order valence-electron chi connectivity index (χ4n) is 1.53. The summed E-state index contributed by atoms with van der Waals surface area (Å²) in [7, 11) is 1.65. The molecule has 0 fully saturated rings. The summed E-state index contributed by atoms with van der Waals surface area (Å²) in [6, 6.07) is 4.49. The molecule has 0 aliphatic heterocycles. The number of ether oxygens (including phenoxy) is 2. The van der Waals surface area contributed by atoms with Crippen LogP contribution in [-0.2, 0) is 6.54 Å². The van der Waals surface area contributed by atoms with Gasteiger partial charge in [-0.05, 0) is 46.1 Å². The van der Waals surface area contributed by atoms with E-state index in [9.17, 15) is 0 Å². The first-order chi connectivity index (χ1) is 8.93. The molecule has 1 rings (SSSR count). The van der Waals surface area contributed by atoms with E-state index < -0.39 is 0 Å². The molecule has 0 spiro atoms. The van der Waals surface area contributed by atoms with Gasteiger partial charge in [0.1, 0.15) is 6.61 Å². The first-order valence-electron chi connectivity index (χ1n) is 6.31. The van der Waals surface area contributed by atoms with Gasteiger partial charge in [-0.25, -0.2) is 0 Å². The minimum Gasteiger partial charge on any atom is -0.493 e. The Hall–Kier alpha value is -1.00. The highest BCUT2D eigenvalue weighted by atomic mass is 79.9. The molecule has 3 nitrogen and oxygen atoms in total. The van der Waals surface area contributed by atoms with Gasteiger partial charge in [-0.1, -0.05) is 20.4 Å². The predicted molar refractivity (Wildman–Crippen MR) is 83.0 cm³/mol. The van der Waals surface area contributed by atoms with Crippen molar-refractivity contribution < 1.29 is 9.47 Å². The Labute approximate surface area is 124 Å². The minimum absolute atomic E-state index is 0.448. The van der Waals surface area contributed by atoms with E-state index in [0.29, 0.717) is 12.6 Å². The fraction of sp³-hybridized carbons (Fsp3) is 0.467. The lowest BCUT2D eigenvalue weighted by Gasteiger charge is -2.15. The van der Waals surface area contributed by atoms with Crippen LogP contribution >= 0.6 is 15.9 Å². The fourth-order valence-corrected chi connectivity index (χ4v) is 2.14. The normalized spacial score (nSPS) is 10.6. The van der Waals surface area contributed by atoms with Gasteiger partial charge in [-0.2, -0.15) is 0 Å². The van der Waals surface area contributed by atoms with E-state index >= 15 is 0 Å². The maximum Gasteiger partial charge on any atom is 0.175 e. The summed E-state index contributed by atoms with van der Waals surface area (Å²) in [6.07, 6.45) is 0. The largest absolute Gasteiger partial charge is 0.493 e. The second kappa shape index (κ2) is 7.56. The number of halogens is 1. The zero-order valence-electron chi connectivity index (χ0n) is 12.0. The van der Waals surface area contributed by atoms with Crippen molar-refractivity contribution >= 4 is 15.9 Å². The van der Waals surface area contributed by atoms with Gasteiger partial charge in [0.2, 0.25) is 0 Å². The van der Waals surface area contributed by atoms with Gasteiger partial charge < -0.3 is 14.8 Å². The maximum atomic E-state index is 5.71. The lowest BCUT2D eigenvalue weighted by Crippen LogP contribution is -2.21. The van der Waals surface area contributed by atoms with Gasteiger partial charge in [-0.15, -0.1) is 0 Å². The summed E-state index contributed by atoms with van der Waals surface area (Å²) >= 11 is 3.53. The highest BCUT2D eigenvalue weighted by molar-refractivity contribution is 9.10. The van der Waals surface area contributed by atoms with Gasteiger partial charge in [0.25, 0.3) is 0 Å². The van der Waals surface area contributed by atoms with Gasteiger partial charge >= 0.3 is 0 Å². The molecule has 4 heteroatoms. The zero-order valence-corrected chi connectivity index (χ0v) is 13.6. The van der Waals surface area contributed by atoms with E-state index in [-0.39, 0.29) is 0 Å². The third kappa shape index (κ3) is 5.25. The number of hydrogen-bond acceptors (Lipinski definition) is 3. The highest BCUT2D eigenvalue weighted by Gasteiger charge is 2.12. The van der Waals surface area contributed by atoms with Crippen molar-refractivity contribution in [1.29, 1.82) is 0 Å². The van der Waals surface area contributed by atoms with Crippen molar-refractivity contribution in [1.82, 2.24) is 5.32 Å². The molecule has 1 N–H and O–H groups in total. The van der Waals surface area contributed by atoms with Gasteiger partial charge in [-0.3, -0.25) is 0 Å². The number of benzene rings is 1. The quantitative estimate of drug-likeness (QED) is 0.770. The molecule has 0 aromatic heterocycles. The Morgan fingerprint density at radius 2 is 2.11 bits per heavy atom. The second-order valence-corrected chi connectivity index (χ2v) is 5.74. The first kappa shape index (κ1) is 16.1. The van der Waals surface area contributed by atoms with Gasteiger partial charge in [0, 0.05) is 12.6 Å². The molecule has 0 bridgehead atoms. The lowest BCUT2D eigenvalue weighted by atomic mass is 10.2. The molecule has 1 aromatic carbocycles. The van der Waals surface area contributed by atoms with Crippen molar-refractivity contribution in [2.75, 3.05) is 13.7 Å². The maximum absolute atomic E-state index is 5.71. The molecule has 106 valence electrons. The van der Waals surface area contributed by atoms with Crippen LogP contribution < -0.4 is 14.8 Å². The van der Waals surface area contributed by atoms with E-state index in [2.05, 4.69) is 41.7 Å². The van der Waals surface area contributed by atoms with Crippen molar-refractivity contribution in [3.8, 4) is 11.5 Å². The lowest BCUT2D eigenvalue weighted by molar-refractivity contribution is 0.317. The van der Waals surface area contributed by atoms with Crippen LogP contribution in [0, 0.1) is 0 Å². The topological polar surface area (TPSA) is 30.5 Å². The van der Waals surface area contributed by atoms with Crippen LogP contribution in [0.15, 0.2) is 28.8 Å². The molecule has 0 aliphatic carbocycles. The van der Waals surface area contributed by atoms with Gasteiger partial charge in [0.05, 0.1) is 11.6 Å². The summed E-state index contributed by atoms with van der Waals surface area (Å²) in [5.41, 5.74) is 2.12. The van der Waals surface area contributed by atoms with Crippen molar-refractivity contribution in [3.63, 3.8) is 0 Å². The molecule has 0 amide bonds. The van der Waals surface area contributed by atoms with E-state index in [1.165, 1.54) is 0 Å². The van der Waals surface area contributed by atoms with Crippen LogP contribution in [0.3, 0.4) is 0 Å². The summed E-state index contributed by atoms with van der Waals surface area (Å²) < 4.78 is 12.0. The Bertz CT molecular complexity index is 444. The second-order valence-electron chi connectivity index (χ2n) is 4.89. The standard InChI is InChI=1S/C15H22BrNO2/c1-10(2)9-19-15-13(16)6-12(7-14(15)18-5)8-17-11(3)4/h6-7,11,17H,1,8-9H2,2-5H3. The molecular formula is C15H22BrNO2. The highest BCUT2D eigenvalue weighted by Crippen LogP contribution is 2.36. The van der Waals surface area contributed by atoms with E-state index in [1.807, 2.05) is 19.1 Å². The Kier molecular flexibility index (Phi) is 6.38. The molecule has 0 atom stereocenters. The first-order valence-corrected chi connectivity index (χ1v) is 7.10. The Morgan fingerprint density at radius 1 is 1.42 bits per heavy atom. The van der Waals surface area contributed by atoms with Crippen molar-refractivity contribution in [3.05, 3.63) is 34.3 Å². The van der Waals surface area contributed by atoms with Crippen LogP contribution in [0.2, 0.25) is 0 Å². The minimum atomic E-state index is 0.448. The third-order valence-electron chi connectivity index (χ3n) is 2.47. The van der Waals surface area contributed by atoms with Crippen LogP contribution in [0.25, 0.3) is 0 Å². The van der Waals surface area contributed by atoms with Gasteiger partial charge in [0.15, 0.2) is 11.5 Å². The van der Waals surface area contributed by atoms with Crippen LogP contribution in [0.1, 0.15) is 26.3 Å². The SMILES string of the molecule is C=C(C)COc1c(Br)cc(CNC(C)C)cc1OC. The zero-order chi connectivity index (χ0) is 14.4. The molecule has 0 saturated carbocycles. The Morgan fingerprint density at radius 3 is 2.63 bits per heavy atom. The van der Waals surface area contributed by atoms with Crippen molar-refractivity contribution in [2.24, 2.45) is 0 Å². The monoisotopic (exact) mass is 327 g/mol. The van der Waals surface area contributed by atoms with Crippen LogP contribution in [0.5, 0.6) is 11.5 Å². The average molecular weight is 328 g/mol. The molecule has 0 aliphatic rings. The molecule has 1 aromatic rings. The smallest absolute Gasteiger partial charge is 0.175 e. The summed E-state index contributed by atoms with van der Waals surface area (Å²) in [5, 5.41) is 3.38. The number of nitrogens with one attached hydrogen (secondary N) is 1. The number of methoxy groups -OCH3 is 1. The number of rotatable bonds is 7. The average Bonchev–Trinajstić information content (AvgIpc) is 2.34. The molecule has 0 saturated heterocycles. The predicted octanol–water partition coefficient (Wildman–Crippen LogP) is 3.91. The summed E-state index contributed by atoms with van der Waals surface area (Å²) in [4.78, 5) is 0. The van der Waals surface area contributed by atoms with E-state index in [0.717, 1.165) is 33.7 Å². The number of hydrogen-bond donors (Lipinski definition) is 1. The molecule has 0 unspecified atom stereocenters. The molecular weight excluding hydrogens is 306 g/mol. The molecule has 0 heterocycles. The Balaban J connectivity index is 2.90. The van der Waals surface area contributed by atoms with Crippen LogP contribution in [0.4, 0.5) is 0 Å².